The van der Waals surface area contributed by atoms with E-state index in [2.05, 4.69) is 16.4 Å². The van der Waals surface area contributed by atoms with Gasteiger partial charge in [0.05, 0.1) is 11.3 Å². The maximum Gasteiger partial charge on any atom is 0.214 e. The molecule has 0 saturated heterocycles. The maximum atomic E-state index is 12.9. The highest BCUT2D eigenvalue weighted by Crippen LogP contribution is 2.22. The van der Waals surface area contributed by atoms with Crippen LogP contribution in [-0.2, 0) is 0 Å². The molecule has 0 radical (unpaired) electrons. The molecule has 1 N–H and O–H groups in total. The van der Waals surface area contributed by atoms with Crippen LogP contribution in [0.15, 0.2) is 36.5 Å². The lowest BCUT2D eigenvalue weighted by atomic mass is 10.1. The van der Waals surface area contributed by atoms with Crippen molar-refractivity contribution in [2.75, 3.05) is 5.32 Å². The average Bonchev–Trinajstić information content (AvgIpc) is 2.29. The van der Waals surface area contributed by atoms with E-state index < -0.39 is 5.95 Å². The van der Waals surface area contributed by atoms with E-state index >= 15 is 0 Å². The molecule has 0 saturated carbocycles. The number of pyridine rings is 1. The first kappa shape index (κ1) is 11.1. The van der Waals surface area contributed by atoms with Crippen molar-refractivity contribution in [3.8, 4) is 6.07 Å². The van der Waals surface area contributed by atoms with Gasteiger partial charge < -0.3 is 5.32 Å². The van der Waals surface area contributed by atoms with Gasteiger partial charge in [-0.15, -0.1) is 0 Å². The molecule has 4 heteroatoms. The fraction of sp³-hybridized carbons (Fsp3) is 0.0769. The number of nitrogens with zero attached hydrogens (tertiary/aromatic N) is 2. The van der Waals surface area contributed by atoms with Crippen LogP contribution in [0, 0.1) is 24.2 Å². The summed E-state index contributed by atoms with van der Waals surface area (Å²) in [5, 5.41) is 12.1. The number of aryl methyl sites for hydroxylation is 1. The van der Waals surface area contributed by atoms with Crippen LogP contribution in [0.1, 0.15) is 11.1 Å². The molecule has 0 amide bonds. The van der Waals surface area contributed by atoms with Crippen molar-refractivity contribution in [2.24, 2.45) is 0 Å². The lowest BCUT2D eigenvalue weighted by Crippen LogP contribution is -1.96. The molecule has 0 fully saturated rings. The Kier molecular flexibility index (Phi) is 3.01. The van der Waals surface area contributed by atoms with Crippen molar-refractivity contribution in [3.05, 3.63) is 53.6 Å². The minimum atomic E-state index is -0.554. The Bertz CT molecular complexity index is 587. The largest absolute Gasteiger partial charge is 0.354 e. The third kappa shape index (κ3) is 2.40. The lowest BCUT2D eigenvalue weighted by molar-refractivity contribution is 0.584. The van der Waals surface area contributed by atoms with Gasteiger partial charge in [0.25, 0.3) is 0 Å². The highest BCUT2D eigenvalue weighted by molar-refractivity contribution is 5.67. The van der Waals surface area contributed by atoms with Crippen molar-refractivity contribution < 1.29 is 4.39 Å². The number of hydrogen-bond donors (Lipinski definition) is 1. The molecule has 0 aliphatic rings. The Balaban J connectivity index is 2.37. The summed E-state index contributed by atoms with van der Waals surface area (Å²) in [6.45, 7) is 1.86. The van der Waals surface area contributed by atoms with Gasteiger partial charge in [-0.1, -0.05) is 12.1 Å². The van der Waals surface area contributed by atoms with Crippen molar-refractivity contribution in [2.45, 2.75) is 6.92 Å². The number of aromatic nitrogens is 1. The number of benzene rings is 1. The molecule has 0 aliphatic heterocycles. The monoisotopic (exact) mass is 227 g/mol. The number of nitrogens with one attached hydrogen (secondary N) is 1. The summed E-state index contributed by atoms with van der Waals surface area (Å²) in [6, 6.07) is 10.5. The Morgan fingerprint density at radius 1 is 1.35 bits per heavy atom. The normalized spacial score (nSPS) is 9.71. The van der Waals surface area contributed by atoms with Crippen LogP contribution in [0.4, 0.5) is 15.8 Å². The number of nitriles is 1. The van der Waals surface area contributed by atoms with E-state index in [4.69, 9.17) is 5.26 Å². The van der Waals surface area contributed by atoms with E-state index in [-0.39, 0.29) is 0 Å². The van der Waals surface area contributed by atoms with Crippen LogP contribution in [0.25, 0.3) is 0 Å². The highest BCUT2D eigenvalue weighted by atomic mass is 19.1. The third-order valence-electron chi connectivity index (χ3n) is 2.39. The van der Waals surface area contributed by atoms with E-state index in [1.165, 1.54) is 12.3 Å². The molecule has 0 spiro atoms. The third-order valence-corrected chi connectivity index (χ3v) is 2.39. The topological polar surface area (TPSA) is 48.7 Å². The molecule has 0 atom stereocenters. The molecular weight excluding hydrogens is 217 g/mol. The van der Waals surface area contributed by atoms with Gasteiger partial charge >= 0.3 is 0 Å². The number of halogens is 1. The number of anilines is 2. The molecule has 0 aliphatic carbocycles. The molecule has 84 valence electrons. The van der Waals surface area contributed by atoms with Gasteiger partial charge in [0.2, 0.25) is 5.95 Å². The Morgan fingerprint density at radius 3 is 2.88 bits per heavy atom. The van der Waals surface area contributed by atoms with Gasteiger partial charge in [0.15, 0.2) is 0 Å². The van der Waals surface area contributed by atoms with Gasteiger partial charge in [-0.2, -0.15) is 9.65 Å². The molecule has 0 bridgehead atoms. The summed E-state index contributed by atoms with van der Waals surface area (Å²) < 4.78 is 12.9. The molecule has 2 aromatic rings. The van der Waals surface area contributed by atoms with Gasteiger partial charge in [0, 0.05) is 18.0 Å². The zero-order valence-electron chi connectivity index (χ0n) is 9.24. The van der Waals surface area contributed by atoms with Gasteiger partial charge in [-0.25, -0.2) is 4.98 Å². The molecule has 0 unspecified atom stereocenters. The summed E-state index contributed by atoms with van der Waals surface area (Å²) >= 11 is 0. The van der Waals surface area contributed by atoms with Gasteiger partial charge in [0.1, 0.15) is 6.07 Å². The maximum absolute atomic E-state index is 12.9. The molecule has 1 aromatic heterocycles. The zero-order valence-corrected chi connectivity index (χ0v) is 9.24. The molecule has 3 nitrogen and oxygen atoms in total. The standard InChI is InChI=1S/C13H10FN3/c1-9-3-2-4-12(11(9)8-15)17-10-5-6-16-13(14)7-10/h2-7H,1H3,(H,16,17). The molecule has 1 aromatic carbocycles. The second kappa shape index (κ2) is 4.62. The van der Waals surface area contributed by atoms with Crippen molar-refractivity contribution in [1.82, 2.24) is 4.98 Å². The Morgan fingerprint density at radius 2 is 2.18 bits per heavy atom. The van der Waals surface area contributed by atoms with E-state index in [0.717, 1.165) is 5.56 Å². The predicted octanol–water partition coefficient (Wildman–Crippen LogP) is 3.14. The summed E-state index contributed by atoms with van der Waals surface area (Å²) in [6.07, 6.45) is 1.37. The van der Waals surface area contributed by atoms with E-state index in [1.807, 2.05) is 19.1 Å². The quantitative estimate of drug-likeness (QED) is 0.802. The first-order valence-electron chi connectivity index (χ1n) is 5.09. The van der Waals surface area contributed by atoms with E-state index in [1.54, 1.807) is 12.1 Å². The minimum Gasteiger partial charge on any atom is -0.354 e. The number of hydrogen-bond acceptors (Lipinski definition) is 3. The summed E-state index contributed by atoms with van der Waals surface area (Å²) in [7, 11) is 0. The SMILES string of the molecule is Cc1cccc(Nc2ccnc(F)c2)c1C#N. The predicted molar refractivity (Wildman–Crippen MR) is 63.4 cm³/mol. The fourth-order valence-corrected chi connectivity index (χ4v) is 1.56. The van der Waals surface area contributed by atoms with Gasteiger partial charge in [-0.3, -0.25) is 0 Å². The molecular formula is C13H10FN3. The van der Waals surface area contributed by atoms with Crippen LogP contribution < -0.4 is 5.32 Å². The Labute approximate surface area is 98.5 Å². The number of rotatable bonds is 2. The second-order valence-electron chi connectivity index (χ2n) is 3.60. The van der Waals surface area contributed by atoms with E-state index in [0.29, 0.717) is 16.9 Å². The Hall–Kier alpha value is -2.41. The van der Waals surface area contributed by atoms with Crippen LogP contribution in [-0.4, -0.2) is 4.98 Å². The first-order valence-corrected chi connectivity index (χ1v) is 5.09. The van der Waals surface area contributed by atoms with Crippen LogP contribution in [0.5, 0.6) is 0 Å². The summed E-state index contributed by atoms with van der Waals surface area (Å²) in [5.74, 6) is -0.554. The minimum absolute atomic E-state index is 0.554. The van der Waals surface area contributed by atoms with Crippen molar-refractivity contribution in [3.63, 3.8) is 0 Å². The second-order valence-corrected chi connectivity index (χ2v) is 3.60. The molecule has 2 rings (SSSR count). The average molecular weight is 227 g/mol. The van der Waals surface area contributed by atoms with Crippen LogP contribution in [0.2, 0.25) is 0 Å². The lowest BCUT2D eigenvalue weighted by Gasteiger charge is -2.09. The smallest absolute Gasteiger partial charge is 0.214 e. The zero-order chi connectivity index (χ0) is 12.3. The van der Waals surface area contributed by atoms with Crippen molar-refractivity contribution >= 4 is 11.4 Å². The van der Waals surface area contributed by atoms with Crippen molar-refractivity contribution in [1.29, 1.82) is 5.26 Å². The first-order chi connectivity index (χ1) is 8.20. The van der Waals surface area contributed by atoms with Crippen LogP contribution in [0.3, 0.4) is 0 Å². The molecule has 17 heavy (non-hydrogen) atoms. The van der Waals surface area contributed by atoms with Crippen LogP contribution >= 0.6 is 0 Å². The van der Waals surface area contributed by atoms with Gasteiger partial charge in [-0.05, 0) is 24.6 Å². The summed E-state index contributed by atoms with van der Waals surface area (Å²) in [4.78, 5) is 3.47. The summed E-state index contributed by atoms with van der Waals surface area (Å²) in [5.41, 5.74) is 2.68. The molecule has 1 heterocycles. The fourth-order valence-electron chi connectivity index (χ4n) is 1.56. The van der Waals surface area contributed by atoms with E-state index in [9.17, 15) is 4.39 Å². The highest BCUT2D eigenvalue weighted by Gasteiger charge is 2.05.